The van der Waals surface area contributed by atoms with Crippen molar-refractivity contribution in [1.82, 2.24) is 15.0 Å². The minimum absolute atomic E-state index is 0.113. The Hall–Kier alpha value is -3.61. The van der Waals surface area contributed by atoms with E-state index in [4.69, 9.17) is 4.74 Å². The fourth-order valence-electron chi connectivity index (χ4n) is 3.09. The first-order valence-corrected chi connectivity index (χ1v) is 9.05. The van der Waals surface area contributed by atoms with Gasteiger partial charge in [0.2, 0.25) is 0 Å². The van der Waals surface area contributed by atoms with Gasteiger partial charge in [0.1, 0.15) is 29.6 Å². The molecule has 0 atom stereocenters. The van der Waals surface area contributed by atoms with Crippen molar-refractivity contribution in [2.24, 2.45) is 0 Å². The number of alkyl halides is 1. The first-order valence-electron chi connectivity index (χ1n) is 9.05. The number of hydrogen-bond acceptors (Lipinski definition) is 5. The highest BCUT2D eigenvalue weighted by Crippen LogP contribution is 2.35. The number of rotatable bonds is 6. The molecule has 0 fully saturated rings. The highest BCUT2D eigenvalue weighted by molar-refractivity contribution is 5.97. The summed E-state index contributed by atoms with van der Waals surface area (Å²) in [5, 5.41) is 3.71. The first kappa shape index (κ1) is 18.7. The maximum Gasteiger partial charge on any atom is 0.163 e. The predicted molar refractivity (Wildman–Crippen MR) is 109 cm³/mol. The Labute approximate surface area is 166 Å². The van der Waals surface area contributed by atoms with Crippen LogP contribution in [0.25, 0.3) is 33.4 Å². The summed E-state index contributed by atoms with van der Waals surface area (Å²) in [6, 6.07) is 13.6. The standard InChI is InChI=1S/C22H18F2N4O/c1-29-19-12-16(14-4-6-17(24)7-5-14)11-18-20(19)27-21(15-3-2-9-25-13-15)28-22(18)26-10-8-23/h2-7,9,11-13H,8,10H2,1H3,(H,26,27,28). The van der Waals surface area contributed by atoms with E-state index in [9.17, 15) is 8.78 Å². The number of ether oxygens (including phenoxy) is 1. The van der Waals surface area contributed by atoms with E-state index in [2.05, 4.69) is 20.3 Å². The lowest BCUT2D eigenvalue weighted by Gasteiger charge is -2.14. The van der Waals surface area contributed by atoms with Crippen LogP contribution in [0.5, 0.6) is 5.75 Å². The number of halogens is 2. The van der Waals surface area contributed by atoms with Gasteiger partial charge in [0.25, 0.3) is 0 Å². The van der Waals surface area contributed by atoms with E-state index in [1.54, 1.807) is 37.7 Å². The van der Waals surface area contributed by atoms with Crippen LogP contribution in [-0.2, 0) is 0 Å². The Morgan fingerprint density at radius 1 is 1.00 bits per heavy atom. The average Bonchev–Trinajstić information content (AvgIpc) is 2.77. The van der Waals surface area contributed by atoms with Gasteiger partial charge in [-0.05, 0) is 47.5 Å². The van der Waals surface area contributed by atoms with Crippen LogP contribution in [0.2, 0.25) is 0 Å². The second-order valence-corrected chi connectivity index (χ2v) is 6.33. The van der Waals surface area contributed by atoms with E-state index in [1.807, 2.05) is 18.2 Å². The molecule has 0 aliphatic rings. The van der Waals surface area contributed by atoms with Gasteiger partial charge >= 0.3 is 0 Å². The molecule has 146 valence electrons. The molecule has 0 amide bonds. The van der Waals surface area contributed by atoms with Crippen LogP contribution in [0.15, 0.2) is 60.9 Å². The van der Waals surface area contributed by atoms with E-state index in [0.717, 1.165) is 16.7 Å². The van der Waals surface area contributed by atoms with E-state index >= 15 is 0 Å². The van der Waals surface area contributed by atoms with E-state index in [0.29, 0.717) is 28.3 Å². The fraction of sp³-hybridized carbons (Fsp3) is 0.136. The Kier molecular flexibility index (Phi) is 5.29. The van der Waals surface area contributed by atoms with Gasteiger partial charge in [0, 0.05) is 29.9 Å². The van der Waals surface area contributed by atoms with Crippen molar-refractivity contribution >= 4 is 16.7 Å². The summed E-state index contributed by atoms with van der Waals surface area (Å²) < 4.78 is 31.8. The van der Waals surface area contributed by atoms with Crippen molar-refractivity contribution in [3.8, 4) is 28.3 Å². The summed E-state index contributed by atoms with van der Waals surface area (Å²) in [4.78, 5) is 13.4. The van der Waals surface area contributed by atoms with E-state index in [1.165, 1.54) is 12.1 Å². The lowest BCUT2D eigenvalue weighted by molar-refractivity contribution is 0.419. The van der Waals surface area contributed by atoms with Gasteiger partial charge in [-0.15, -0.1) is 0 Å². The Balaban J connectivity index is 1.94. The number of anilines is 1. The lowest BCUT2D eigenvalue weighted by Crippen LogP contribution is -2.07. The minimum atomic E-state index is -0.539. The average molecular weight is 392 g/mol. The molecule has 7 heteroatoms. The Morgan fingerprint density at radius 3 is 2.52 bits per heavy atom. The van der Waals surface area contributed by atoms with Crippen LogP contribution in [0.1, 0.15) is 0 Å². The molecule has 5 nitrogen and oxygen atoms in total. The number of nitrogens with zero attached hydrogens (tertiary/aromatic N) is 3. The molecule has 0 radical (unpaired) electrons. The van der Waals surface area contributed by atoms with Gasteiger partial charge in [-0.3, -0.25) is 4.98 Å². The summed E-state index contributed by atoms with van der Waals surface area (Å²) in [6.45, 7) is -0.426. The highest BCUT2D eigenvalue weighted by atomic mass is 19.1. The number of fused-ring (bicyclic) bond motifs is 1. The molecule has 29 heavy (non-hydrogen) atoms. The normalized spacial score (nSPS) is 10.9. The third kappa shape index (κ3) is 3.85. The SMILES string of the molecule is COc1cc(-c2ccc(F)cc2)cc2c(NCCF)nc(-c3cccnc3)nc12. The number of pyridine rings is 1. The number of hydrogen-bond donors (Lipinski definition) is 1. The van der Waals surface area contributed by atoms with Gasteiger partial charge in [-0.1, -0.05) is 12.1 Å². The molecule has 0 bridgehead atoms. The molecule has 0 spiro atoms. The summed E-state index contributed by atoms with van der Waals surface area (Å²) in [5.74, 6) is 1.18. The number of benzene rings is 2. The number of methoxy groups -OCH3 is 1. The molecular weight excluding hydrogens is 374 g/mol. The van der Waals surface area contributed by atoms with Gasteiger partial charge in [-0.25, -0.2) is 18.7 Å². The third-order valence-electron chi connectivity index (χ3n) is 4.47. The topological polar surface area (TPSA) is 59.9 Å². The Morgan fingerprint density at radius 2 is 1.83 bits per heavy atom. The maximum atomic E-state index is 13.3. The Bertz CT molecular complexity index is 1140. The van der Waals surface area contributed by atoms with Crippen LogP contribution >= 0.6 is 0 Å². The molecule has 4 aromatic rings. The van der Waals surface area contributed by atoms with Gasteiger partial charge in [0.05, 0.1) is 7.11 Å². The maximum absolute atomic E-state index is 13.3. The van der Waals surface area contributed by atoms with Crippen LogP contribution in [0.3, 0.4) is 0 Å². The summed E-state index contributed by atoms with van der Waals surface area (Å²) >= 11 is 0. The molecule has 2 heterocycles. The molecule has 1 N–H and O–H groups in total. The fourth-order valence-corrected chi connectivity index (χ4v) is 3.09. The van der Waals surface area contributed by atoms with Gasteiger partial charge in [-0.2, -0.15) is 0 Å². The molecule has 0 saturated heterocycles. The summed E-state index contributed by atoms with van der Waals surface area (Å²) in [7, 11) is 1.56. The molecule has 4 rings (SSSR count). The zero-order chi connectivity index (χ0) is 20.2. The molecule has 2 aromatic heterocycles. The van der Waals surface area contributed by atoms with Crippen molar-refractivity contribution in [2.45, 2.75) is 0 Å². The summed E-state index contributed by atoms with van der Waals surface area (Å²) in [5.41, 5.74) is 2.96. The zero-order valence-corrected chi connectivity index (χ0v) is 15.7. The quantitative estimate of drug-likeness (QED) is 0.506. The van der Waals surface area contributed by atoms with Crippen molar-refractivity contribution in [2.75, 3.05) is 25.6 Å². The monoisotopic (exact) mass is 392 g/mol. The second-order valence-electron chi connectivity index (χ2n) is 6.33. The van der Waals surface area contributed by atoms with E-state index in [-0.39, 0.29) is 12.4 Å². The number of aromatic nitrogens is 3. The van der Waals surface area contributed by atoms with Gasteiger partial charge < -0.3 is 10.1 Å². The van der Waals surface area contributed by atoms with Crippen molar-refractivity contribution in [3.05, 3.63) is 66.7 Å². The molecule has 0 saturated carbocycles. The van der Waals surface area contributed by atoms with E-state index < -0.39 is 6.67 Å². The lowest BCUT2D eigenvalue weighted by atomic mass is 10.0. The molecular formula is C22H18F2N4O. The van der Waals surface area contributed by atoms with Crippen LogP contribution < -0.4 is 10.1 Å². The molecule has 0 aliphatic carbocycles. The smallest absolute Gasteiger partial charge is 0.163 e. The second kappa shape index (κ2) is 8.18. The van der Waals surface area contributed by atoms with Crippen LogP contribution in [-0.4, -0.2) is 35.3 Å². The zero-order valence-electron chi connectivity index (χ0n) is 15.7. The van der Waals surface area contributed by atoms with Crippen molar-refractivity contribution in [3.63, 3.8) is 0 Å². The molecule has 0 aliphatic heterocycles. The molecule has 2 aromatic carbocycles. The number of nitrogens with one attached hydrogen (secondary N) is 1. The van der Waals surface area contributed by atoms with Crippen molar-refractivity contribution < 1.29 is 13.5 Å². The van der Waals surface area contributed by atoms with Crippen LogP contribution in [0.4, 0.5) is 14.6 Å². The van der Waals surface area contributed by atoms with Gasteiger partial charge in [0.15, 0.2) is 5.82 Å². The first-order chi connectivity index (χ1) is 14.2. The molecule has 0 unspecified atom stereocenters. The predicted octanol–water partition coefficient (Wildman–Crippen LogP) is 4.89. The summed E-state index contributed by atoms with van der Waals surface area (Å²) in [6.07, 6.45) is 3.34. The van der Waals surface area contributed by atoms with Crippen LogP contribution in [0, 0.1) is 5.82 Å². The van der Waals surface area contributed by atoms with Crippen molar-refractivity contribution in [1.29, 1.82) is 0 Å². The third-order valence-corrected chi connectivity index (χ3v) is 4.47. The largest absolute Gasteiger partial charge is 0.494 e. The highest BCUT2D eigenvalue weighted by Gasteiger charge is 2.15. The minimum Gasteiger partial charge on any atom is -0.494 e.